The summed E-state index contributed by atoms with van der Waals surface area (Å²) < 4.78 is 45.0. The van der Waals surface area contributed by atoms with Gasteiger partial charge < -0.3 is 9.64 Å². The Kier molecular flexibility index (Phi) is 6.25. The lowest BCUT2D eigenvalue weighted by Crippen LogP contribution is -2.32. The minimum absolute atomic E-state index is 0.00747. The molecule has 2 aromatic rings. The molecule has 30 heavy (non-hydrogen) atoms. The van der Waals surface area contributed by atoms with Gasteiger partial charge in [0.25, 0.3) is 5.91 Å². The molecular weight excluding hydrogens is 421 g/mol. The molecule has 6 nitrogen and oxygen atoms in total. The Balaban J connectivity index is 2.06. The second kappa shape index (κ2) is 8.55. The first kappa shape index (κ1) is 21.9. The molecule has 1 aliphatic rings. The molecule has 0 spiro atoms. The number of thioether (sulfide) groups is 1. The minimum Gasteiger partial charge on any atom is -0.487 e. The Labute approximate surface area is 175 Å². The zero-order chi connectivity index (χ0) is 22.1. The van der Waals surface area contributed by atoms with Crippen LogP contribution in [0, 0.1) is 10.1 Å². The quantitative estimate of drug-likeness (QED) is 0.461. The largest absolute Gasteiger partial charge is 0.487 e. The first-order chi connectivity index (χ1) is 14.1. The van der Waals surface area contributed by atoms with Gasteiger partial charge in [0.15, 0.2) is 5.75 Å². The third-order valence-corrected chi connectivity index (χ3v) is 5.85. The molecule has 3 rings (SSSR count). The maximum absolute atomic E-state index is 13.2. The van der Waals surface area contributed by atoms with Crippen molar-refractivity contribution < 1.29 is 27.6 Å². The number of nitro groups is 1. The van der Waals surface area contributed by atoms with Crippen molar-refractivity contribution in [2.75, 3.05) is 18.1 Å². The Hall–Kier alpha value is -2.75. The highest BCUT2D eigenvalue weighted by atomic mass is 32.2. The number of nitrogens with zero attached hydrogens (tertiary/aromatic N) is 2. The highest BCUT2D eigenvalue weighted by Crippen LogP contribution is 2.42. The van der Waals surface area contributed by atoms with Crippen molar-refractivity contribution in [3.05, 3.63) is 57.6 Å². The van der Waals surface area contributed by atoms with Gasteiger partial charge in [-0.25, -0.2) is 0 Å². The molecule has 1 heterocycles. The third kappa shape index (κ3) is 4.53. The van der Waals surface area contributed by atoms with E-state index in [0.29, 0.717) is 11.3 Å². The van der Waals surface area contributed by atoms with Gasteiger partial charge in [0.2, 0.25) is 0 Å². The lowest BCUT2D eigenvalue weighted by atomic mass is 10.1. The van der Waals surface area contributed by atoms with Gasteiger partial charge in [0.05, 0.1) is 22.8 Å². The number of halogens is 3. The summed E-state index contributed by atoms with van der Waals surface area (Å²) in [5.41, 5.74) is -1.06. The minimum atomic E-state index is -4.55. The number of ether oxygens (including phenoxy) is 1. The van der Waals surface area contributed by atoms with Crippen LogP contribution in [0.2, 0.25) is 0 Å². The van der Waals surface area contributed by atoms with Crippen molar-refractivity contribution >= 4 is 29.0 Å². The van der Waals surface area contributed by atoms with Gasteiger partial charge >= 0.3 is 11.9 Å². The van der Waals surface area contributed by atoms with Crippen LogP contribution in [0.1, 0.15) is 36.2 Å². The normalized spacial score (nSPS) is 16.6. The van der Waals surface area contributed by atoms with E-state index in [1.807, 2.05) is 6.92 Å². The van der Waals surface area contributed by atoms with Crippen molar-refractivity contribution in [3.8, 4) is 5.75 Å². The SMILES string of the molecule is CCOc1ccc(C(=O)N2CCC(C)Sc3ccc(C(F)(F)F)cc32)cc1[N+](=O)[O-]. The second-order valence-corrected chi connectivity index (χ2v) is 8.21. The molecule has 1 unspecified atom stereocenters. The van der Waals surface area contributed by atoms with Crippen LogP contribution in [0.3, 0.4) is 0 Å². The highest BCUT2D eigenvalue weighted by molar-refractivity contribution is 8.00. The number of benzene rings is 2. The summed E-state index contributed by atoms with van der Waals surface area (Å²) in [6.07, 6.45) is -3.99. The number of fused-ring (bicyclic) bond motifs is 1. The van der Waals surface area contributed by atoms with Crippen molar-refractivity contribution in [2.24, 2.45) is 0 Å². The number of alkyl halides is 3. The van der Waals surface area contributed by atoms with Gasteiger partial charge in [-0.3, -0.25) is 14.9 Å². The molecule has 0 saturated carbocycles. The van der Waals surface area contributed by atoms with E-state index in [9.17, 15) is 28.1 Å². The number of amides is 1. The average molecular weight is 440 g/mol. The molecule has 2 aromatic carbocycles. The summed E-state index contributed by atoms with van der Waals surface area (Å²) >= 11 is 1.40. The summed E-state index contributed by atoms with van der Waals surface area (Å²) in [6, 6.07) is 7.13. The molecule has 0 aliphatic carbocycles. The topological polar surface area (TPSA) is 72.7 Å². The molecule has 0 fully saturated rings. The van der Waals surface area contributed by atoms with Crippen molar-refractivity contribution in [2.45, 2.75) is 36.6 Å². The van der Waals surface area contributed by atoms with Gasteiger partial charge in [0.1, 0.15) is 0 Å². The summed E-state index contributed by atoms with van der Waals surface area (Å²) in [6.45, 7) is 4.02. The summed E-state index contributed by atoms with van der Waals surface area (Å²) in [5, 5.41) is 11.5. The first-order valence-corrected chi connectivity index (χ1v) is 10.1. The van der Waals surface area contributed by atoms with Gasteiger partial charge in [-0.2, -0.15) is 13.2 Å². The molecular formula is C20H19F3N2O4S. The van der Waals surface area contributed by atoms with Crippen LogP contribution in [0.5, 0.6) is 5.75 Å². The Bertz CT molecular complexity index is 981. The predicted molar refractivity (Wildman–Crippen MR) is 107 cm³/mol. The van der Waals surface area contributed by atoms with E-state index in [4.69, 9.17) is 4.74 Å². The Morgan fingerprint density at radius 1 is 1.30 bits per heavy atom. The van der Waals surface area contributed by atoms with Crippen molar-refractivity contribution in [1.82, 2.24) is 0 Å². The fourth-order valence-corrected chi connectivity index (χ4v) is 4.24. The number of rotatable bonds is 4. The van der Waals surface area contributed by atoms with E-state index < -0.39 is 22.6 Å². The average Bonchev–Trinajstić information content (AvgIpc) is 2.84. The molecule has 0 radical (unpaired) electrons. The summed E-state index contributed by atoms with van der Waals surface area (Å²) in [5.74, 6) is -0.574. The van der Waals surface area contributed by atoms with Crippen LogP contribution in [-0.2, 0) is 6.18 Å². The van der Waals surface area contributed by atoms with E-state index in [1.54, 1.807) is 6.92 Å². The maximum Gasteiger partial charge on any atom is 0.416 e. The van der Waals surface area contributed by atoms with Gasteiger partial charge in [-0.05, 0) is 43.7 Å². The lowest BCUT2D eigenvalue weighted by molar-refractivity contribution is -0.385. The molecule has 0 bridgehead atoms. The zero-order valence-corrected chi connectivity index (χ0v) is 17.0. The highest BCUT2D eigenvalue weighted by Gasteiger charge is 2.34. The smallest absolute Gasteiger partial charge is 0.416 e. The number of nitro benzene ring substituents is 1. The van der Waals surface area contributed by atoms with Gasteiger partial charge in [0, 0.05) is 28.3 Å². The second-order valence-electron chi connectivity index (χ2n) is 6.73. The first-order valence-electron chi connectivity index (χ1n) is 9.22. The Morgan fingerprint density at radius 3 is 2.67 bits per heavy atom. The summed E-state index contributed by atoms with van der Waals surface area (Å²) in [7, 11) is 0. The van der Waals surface area contributed by atoms with E-state index in [-0.39, 0.29) is 41.1 Å². The zero-order valence-electron chi connectivity index (χ0n) is 16.2. The third-order valence-electron chi connectivity index (χ3n) is 4.61. The molecule has 1 atom stereocenters. The number of carbonyl (C=O) groups excluding carboxylic acids is 1. The molecule has 0 saturated heterocycles. The van der Waals surface area contributed by atoms with Gasteiger partial charge in [-0.15, -0.1) is 11.8 Å². The molecule has 0 N–H and O–H groups in total. The van der Waals surface area contributed by atoms with E-state index in [0.717, 1.165) is 18.2 Å². The van der Waals surface area contributed by atoms with Crippen LogP contribution < -0.4 is 9.64 Å². The predicted octanol–water partition coefficient (Wildman–Crippen LogP) is 5.54. The molecule has 10 heteroatoms. The number of anilines is 1. The van der Waals surface area contributed by atoms with Crippen LogP contribution in [0.4, 0.5) is 24.5 Å². The number of carbonyl (C=O) groups is 1. The van der Waals surface area contributed by atoms with E-state index in [2.05, 4.69) is 0 Å². The standard InChI is InChI=1S/C20H19F3N2O4S/c1-3-29-17-6-4-13(10-15(17)25(27)28)19(26)24-9-8-12(2)30-18-7-5-14(11-16(18)24)20(21,22)23/h4-7,10-12H,3,8-9H2,1-2H3. The van der Waals surface area contributed by atoms with Crippen LogP contribution >= 0.6 is 11.8 Å². The maximum atomic E-state index is 13.2. The number of hydrogen-bond acceptors (Lipinski definition) is 5. The molecule has 1 amide bonds. The fourth-order valence-electron chi connectivity index (χ4n) is 3.15. The molecule has 160 valence electrons. The van der Waals surface area contributed by atoms with Crippen LogP contribution in [-0.4, -0.2) is 29.2 Å². The summed E-state index contributed by atoms with van der Waals surface area (Å²) in [4.78, 5) is 25.7. The molecule has 0 aromatic heterocycles. The van der Waals surface area contributed by atoms with Crippen molar-refractivity contribution in [3.63, 3.8) is 0 Å². The van der Waals surface area contributed by atoms with E-state index in [1.165, 1.54) is 34.9 Å². The van der Waals surface area contributed by atoms with Crippen molar-refractivity contribution in [1.29, 1.82) is 0 Å². The van der Waals surface area contributed by atoms with E-state index >= 15 is 0 Å². The number of hydrogen-bond donors (Lipinski definition) is 0. The lowest BCUT2D eigenvalue weighted by Gasteiger charge is -2.24. The Morgan fingerprint density at radius 2 is 2.03 bits per heavy atom. The monoisotopic (exact) mass is 440 g/mol. The van der Waals surface area contributed by atoms with Crippen LogP contribution in [0.15, 0.2) is 41.3 Å². The van der Waals surface area contributed by atoms with Crippen LogP contribution in [0.25, 0.3) is 0 Å². The fraction of sp³-hybridized carbons (Fsp3) is 0.350. The molecule has 1 aliphatic heterocycles. The van der Waals surface area contributed by atoms with Gasteiger partial charge in [-0.1, -0.05) is 6.92 Å².